The highest BCUT2D eigenvalue weighted by atomic mass is 32.2. The van der Waals surface area contributed by atoms with E-state index in [-0.39, 0.29) is 29.6 Å². The monoisotopic (exact) mass is 412 g/mol. The summed E-state index contributed by atoms with van der Waals surface area (Å²) in [5, 5.41) is 11.7. The number of thioether (sulfide) groups is 1. The van der Waals surface area contributed by atoms with Crippen LogP contribution in [0.5, 0.6) is 0 Å². The van der Waals surface area contributed by atoms with E-state index in [1.807, 2.05) is 11.0 Å². The van der Waals surface area contributed by atoms with Crippen molar-refractivity contribution in [2.24, 2.45) is 11.8 Å². The quantitative estimate of drug-likeness (QED) is 0.817. The van der Waals surface area contributed by atoms with Crippen LogP contribution >= 0.6 is 11.8 Å². The number of carbonyl (C=O) groups is 3. The zero-order valence-electron chi connectivity index (χ0n) is 16.2. The number of nitrogens with zero attached hydrogens (tertiary/aromatic N) is 3. The Kier molecular flexibility index (Phi) is 5.76. The van der Waals surface area contributed by atoms with Gasteiger partial charge in [0.25, 0.3) is 0 Å². The molecule has 0 aromatic heterocycles. The molecule has 4 rings (SSSR count). The molecule has 0 radical (unpaired) electrons. The molecule has 2 unspecified atom stereocenters. The van der Waals surface area contributed by atoms with Crippen molar-refractivity contribution < 1.29 is 14.4 Å². The zero-order valence-corrected chi connectivity index (χ0v) is 17.0. The number of piperidine rings is 1. The molecule has 29 heavy (non-hydrogen) atoms. The van der Waals surface area contributed by atoms with Crippen LogP contribution in [-0.4, -0.2) is 58.3 Å². The standard InChI is InChI=1S/C21H24N4O3S/c22-10-14-3-7-17(8-4-14)23-19(26)18-12-29-13-25(18)21(28)16-2-1-9-24(11-16)20(27)15-5-6-15/h3-4,7-8,15-16,18H,1-2,5-6,9,11-13H2,(H,23,26). The second-order valence-corrected chi connectivity index (χ2v) is 8.90. The largest absolute Gasteiger partial charge is 0.342 e. The van der Waals surface area contributed by atoms with E-state index in [1.165, 1.54) is 0 Å². The fraction of sp³-hybridized carbons (Fsp3) is 0.524. The maximum Gasteiger partial charge on any atom is 0.248 e. The van der Waals surface area contributed by atoms with E-state index in [1.54, 1.807) is 40.9 Å². The van der Waals surface area contributed by atoms with Gasteiger partial charge in [-0.1, -0.05) is 0 Å². The summed E-state index contributed by atoms with van der Waals surface area (Å²) in [4.78, 5) is 41.8. The smallest absolute Gasteiger partial charge is 0.248 e. The highest BCUT2D eigenvalue weighted by Crippen LogP contribution is 2.33. The molecule has 152 valence electrons. The number of benzene rings is 1. The first-order valence-electron chi connectivity index (χ1n) is 10.0. The van der Waals surface area contributed by atoms with Crippen LogP contribution in [0.25, 0.3) is 0 Å². The Morgan fingerprint density at radius 2 is 1.83 bits per heavy atom. The van der Waals surface area contributed by atoms with Crippen molar-refractivity contribution >= 4 is 35.2 Å². The van der Waals surface area contributed by atoms with Gasteiger partial charge < -0.3 is 15.1 Å². The Balaban J connectivity index is 1.38. The topological polar surface area (TPSA) is 93.5 Å². The summed E-state index contributed by atoms with van der Waals surface area (Å²) in [6, 6.07) is 8.20. The minimum atomic E-state index is -0.516. The van der Waals surface area contributed by atoms with Crippen molar-refractivity contribution in [3.8, 4) is 6.07 Å². The summed E-state index contributed by atoms with van der Waals surface area (Å²) in [5.41, 5.74) is 1.14. The summed E-state index contributed by atoms with van der Waals surface area (Å²) in [6.07, 6.45) is 3.53. The lowest BCUT2D eigenvalue weighted by Gasteiger charge is -2.35. The van der Waals surface area contributed by atoms with Gasteiger partial charge in [-0.05, 0) is 49.9 Å². The molecule has 3 aliphatic rings. The second kappa shape index (κ2) is 8.46. The molecule has 1 aromatic carbocycles. The molecule has 2 saturated heterocycles. The van der Waals surface area contributed by atoms with Gasteiger partial charge in [0.1, 0.15) is 6.04 Å². The van der Waals surface area contributed by atoms with Crippen molar-refractivity contribution in [1.29, 1.82) is 5.26 Å². The van der Waals surface area contributed by atoms with Gasteiger partial charge >= 0.3 is 0 Å². The van der Waals surface area contributed by atoms with Crippen molar-refractivity contribution in [2.45, 2.75) is 31.7 Å². The number of nitrogens with one attached hydrogen (secondary N) is 1. The van der Waals surface area contributed by atoms with E-state index >= 15 is 0 Å². The number of hydrogen-bond donors (Lipinski definition) is 1. The average Bonchev–Trinajstić information content (AvgIpc) is 3.49. The lowest BCUT2D eigenvalue weighted by atomic mass is 9.95. The summed E-state index contributed by atoms with van der Waals surface area (Å²) < 4.78 is 0. The predicted octanol–water partition coefficient (Wildman–Crippen LogP) is 2.05. The highest BCUT2D eigenvalue weighted by molar-refractivity contribution is 7.99. The van der Waals surface area contributed by atoms with Crippen LogP contribution in [0.2, 0.25) is 0 Å². The Morgan fingerprint density at radius 1 is 1.07 bits per heavy atom. The molecule has 1 N–H and O–H groups in total. The average molecular weight is 413 g/mol. The molecule has 7 nitrogen and oxygen atoms in total. The van der Waals surface area contributed by atoms with Crippen molar-refractivity contribution in [3.63, 3.8) is 0 Å². The Labute approximate surface area is 174 Å². The fourth-order valence-electron chi connectivity index (χ4n) is 3.93. The third-order valence-electron chi connectivity index (χ3n) is 5.76. The molecular weight excluding hydrogens is 388 g/mol. The Morgan fingerprint density at radius 3 is 2.52 bits per heavy atom. The molecule has 3 amide bonds. The van der Waals surface area contributed by atoms with E-state index < -0.39 is 6.04 Å². The van der Waals surface area contributed by atoms with Crippen molar-refractivity contribution in [1.82, 2.24) is 9.80 Å². The van der Waals surface area contributed by atoms with Gasteiger partial charge in [-0.2, -0.15) is 5.26 Å². The predicted molar refractivity (Wildman–Crippen MR) is 110 cm³/mol. The Hall–Kier alpha value is -2.53. The molecule has 2 heterocycles. The van der Waals surface area contributed by atoms with Crippen LogP contribution in [0.1, 0.15) is 31.2 Å². The van der Waals surface area contributed by atoms with Crippen LogP contribution in [0, 0.1) is 23.2 Å². The van der Waals surface area contributed by atoms with E-state index in [9.17, 15) is 14.4 Å². The Bertz CT molecular complexity index is 846. The first kappa shape index (κ1) is 19.8. The van der Waals surface area contributed by atoms with E-state index in [4.69, 9.17) is 5.26 Å². The van der Waals surface area contributed by atoms with Gasteiger partial charge in [0, 0.05) is 30.4 Å². The maximum atomic E-state index is 13.2. The number of carbonyl (C=O) groups excluding carboxylic acids is 3. The van der Waals surface area contributed by atoms with Crippen LogP contribution in [0.3, 0.4) is 0 Å². The third kappa shape index (κ3) is 4.40. The number of likely N-dealkylation sites (tertiary alicyclic amines) is 1. The lowest BCUT2D eigenvalue weighted by molar-refractivity contribution is -0.144. The van der Waals surface area contributed by atoms with Crippen LogP contribution in [0.4, 0.5) is 5.69 Å². The zero-order chi connectivity index (χ0) is 20.4. The molecule has 2 atom stereocenters. The van der Waals surface area contributed by atoms with Crippen LogP contribution in [-0.2, 0) is 14.4 Å². The summed E-state index contributed by atoms with van der Waals surface area (Å²) in [6.45, 7) is 1.20. The molecule has 1 aliphatic carbocycles. The van der Waals surface area contributed by atoms with Crippen molar-refractivity contribution in [3.05, 3.63) is 29.8 Å². The minimum Gasteiger partial charge on any atom is -0.342 e. The van der Waals surface area contributed by atoms with Gasteiger partial charge in [0.2, 0.25) is 17.7 Å². The van der Waals surface area contributed by atoms with Gasteiger partial charge in [0.05, 0.1) is 23.4 Å². The molecule has 0 spiro atoms. The fourth-order valence-corrected chi connectivity index (χ4v) is 5.10. The number of rotatable bonds is 4. The van der Waals surface area contributed by atoms with Gasteiger partial charge in [0.15, 0.2) is 0 Å². The molecule has 0 bridgehead atoms. The summed E-state index contributed by atoms with van der Waals surface area (Å²) in [5.74, 6) is 0.946. The van der Waals surface area contributed by atoms with Crippen molar-refractivity contribution in [2.75, 3.05) is 30.0 Å². The molecule has 1 saturated carbocycles. The summed E-state index contributed by atoms with van der Waals surface area (Å²) in [7, 11) is 0. The molecule has 1 aromatic rings. The number of anilines is 1. The number of nitriles is 1. The number of amides is 3. The molecule has 3 fully saturated rings. The lowest BCUT2D eigenvalue weighted by Crippen LogP contribution is -2.51. The molecule has 8 heteroatoms. The molecular formula is C21H24N4O3S. The summed E-state index contributed by atoms with van der Waals surface area (Å²) >= 11 is 1.57. The maximum absolute atomic E-state index is 13.2. The number of hydrogen-bond acceptors (Lipinski definition) is 5. The van der Waals surface area contributed by atoms with E-state index in [2.05, 4.69) is 5.32 Å². The second-order valence-electron chi connectivity index (χ2n) is 7.90. The van der Waals surface area contributed by atoms with Gasteiger partial charge in [-0.25, -0.2) is 0 Å². The SMILES string of the molecule is N#Cc1ccc(NC(=O)C2CSCN2C(=O)C2CCCN(C(=O)C3CC3)C2)cc1. The minimum absolute atomic E-state index is 0.0247. The third-order valence-corrected chi connectivity index (χ3v) is 6.77. The first-order chi connectivity index (χ1) is 14.1. The first-order valence-corrected chi connectivity index (χ1v) is 11.2. The van der Waals surface area contributed by atoms with Crippen LogP contribution in [0.15, 0.2) is 24.3 Å². The van der Waals surface area contributed by atoms with E-state index in [0.29, 0.717) is 29.4 Å². The van der Waals surface area contributed by atoms with Gasteiger partial charge in [-0.15, -0.1) is 11.8 Å². The van der Waals surface area contributed by atoms with E-state index in [0.717, 1.165) is 32.2 Å². The highest BCUT2D eigenvalue weighted by Gasteiger charge is 2.41. The molecule has 2 aliphatic heterocycles. The van der Waals surface area contributed by atoms with Crippen LogP contribution < -0.4 is 5.32 Å². The van der Waals surface area contributed by atoms with Gasteiger partial charge in [-0.3, -0.25) is 14.4 Å². The normalized spacial score (nSPS) is 24.1.